The molecule has 1 aliphatic carbocycles. The van der Waals surface area contributed by atoms with Crippen LogP contribution in [0.15, 0.2) is 292 Å². The van der Waals surface area contributed by atoms with Gasteiger partial charge in [-0.1, -0.05) is 233 Å². The quantitative estimate of drug-likeness (QED) is 0.0797. The summed E-state index contributed by atoms with van der Waals surface area (Å²) in [6.07, 6.45) is 9.05. The molecule has 0 saturated carbocycles. The van der Waals surface area contributed by atoms with E-state index in [2.05, 4.69) is 302 Å². The molecule has 14 rings (SSSR count). The van der Waals surface area contributed by atoms with Crippen LogP contribution in [0.5, 0.6) is 5.75 Å². The maximum atomic E-state index is 6.40. The van der Waals surface area contributed by atoms with Gasteiger partial charge in [-0.25, -0.2) is 0 Å². The van der Waals surface area contributed by atoms with Gasteiger partial charge < -0.3 is 14.2 Å². The van der Waals surface area contributed by atoms with Crippen LogP contribution >= 0.6 is 0 Å². The van der Waals surface area contributed by atoms with Gasteiger partial charge in [-0.3, -0.25) is 0 Å². The minimum absolute atomic E-state index is 0.328. The molecule has 3 nitrogen and oxygen atoms in total. The van der Waals surface area contributed by atoms with Gasteiger partial charge in [0, 0.05) is 38.9 Å². The zero-order chi connectivity index (χ0) is 56.4. The van der Waals surface area contributed by atoms with Crippen LogP contribution in [0.25, 0.3) is 94.9 Å². The summed E-state index contributed by atoms with van der Waals surface area (Å²) in [4.78, 5) is 2.43. The highest BCUT2D eigenvalue weighted by molar-refractivity contribution is 6.11. The molecule has 0 amide bonds. The summed E-state index contributed by atoms with van der Waals surface area (Å²) in [7, 11) is 0. The molecule has 13 aromatic rings. The Morgan fingerprint density at radius 2 is 0.881 bits per heavy atom. The van der Waals surface area contributed by atoms with Crippen LogP contribution in [-0.4, -0.2) is 11.2 Å². The average Bonchev–Trinajstić information content (AvgIpc) is 1.92. The Kier molecular flexibility index (Phi) is 14.0. The molecule has 3 heteroatoms. The van der Waals surface area contributed by atoms with Crippen molar-refractivity contribution in [3.8, 4) is 55.9 Å². The third-order valence-electron chi connectivity index (χ3n) is 17.4. The van der Waals surface area contributed by atoms with E-state index in [1.165, 1.54) is 93.8 Å². The number of para-hydroxylation sites is 2. The number of aromatic nitrogens is 1. The number of anilines is 3. The van der Waals surface area contributed by atoms with Crippen LogP contribution in [0.4, 0.5) is 17.1 Å². The topological polar surface area (TPSA) is 17.4 Å². The number of benzene rings is 12. The molecule has 0 N–H and O–H groups in total. The minimum atomic E-state index is -0.328. The molecule has 12 aromatic carbocycles. The molecule has 0 aliphatic heterocycles. The molecule has 84 heavy (non-hydrogen) atoms. The van der Waals surface area contributed by atoms with Gasteiger partial charge in [0.05, 0.1) is 17.6 Å². The zero-order valence-corrected chi connectivity index (χ0v) is 47.2. The first-order chi connectivity index (χ1) is 41.5. The van der Waals surface area contributed by atoms with Gasteiger partial charge in [0.25, 0.3) is 0 Å². The van der Waals surface area contributed by atoms with E-state index >= 15 is 0 Å². The first-order valence-corrected chi connectivity index (χ1v) is 29.5. The second-order valence-electron chi connectivity index (χ2n) is 22.3. The normalized spacial score (nSPS) is 13.4. The van der Waals surface area contributed by atoms with E-state index in [9.17, 15) is 0 Å². The van der Waals surface area contributed by atoms with Crippen LogP contribution in [0, 0.1) is 0 Å². The molecule has 1 heterocycles. The predicted molar refractivity (Wildman–Crippen MR) is 356 cm³/mol. The largest absolute Gasteiger partial charge is 0.494 e. The number of unbranched alkanes of at least 4 members (excludes halogenated alkanes) is 3. The fraction of sp³-hybridized carbons (Fsp3) is 0.0864. The standard InChI is InChI=1S/C81H64N2O/c1-3-57-28-32-59(33-29-57)62-36-37-64-53-72(46-40-63(64)52-62)84-51-19-6-5-18-50-81(67-20-10-7-11-21-67)77-27-17-16-26-73(77)74-47-45-71(56-78(74)81)82(68-22-12-8-13-23-68)70-43-38-61(39-44-70)66-42-49-80-76(55-66)75-54-65(60-34-30-58(4-2)31-35-60)41-48-79(75)83(80)69-24-14-9-15-25-69/h3-4,7-17,20-49,52-56H,1-2,5-6,18-19,50-51H2. The first kappa shape index (κ1) is 51.9. The highest BCUT2D eigenvalue weighted by Crippen LogP contribution is 2.56. The zero-order valence-electron chi connectivity index (χ0n) is 47.2. The number of hydrogen-bond acceptors (Lipinski definition) is 2. The van der Waals surface area contributed by atoms with E-state index in [0.717, 1.165) is 71.7 Å². The number of rotatable bonds is 18. The Labute approximate surface area is 493 Å². The van der Waals surface area contributed by atoms with Gasteiger partial charge >= 0.3 is 0 Å². The maximum Gasteiger partial charge on any atom is 0.119 e. The van der Waals surface area contributed by atoms with Crippen molar-refractivity contribution in [2.75, 3.05) is 11.5 Å². The van der Waals surface area contributed by atoms with Crippen molar-refractivity contribution in [1.82, 2.24) is 4.57 Å². The average molecular weight is 1080 g/mol. The van der Waals surface area contributed by atoms with Crippen molar-refractivity contribution in [1.29, 1.82) is 0 Å². The highest BCUT2D eigenvalue weighted by atomic mass is 16.5. The van der Waals surface area contributed by atoms with E-state index in [0.29, 0.717) is 6.61 Å². The lowest BCUT2D eigenvalue weighted by molar-refractivity contribution is 0.304. The van der Waals surface area contributed by atoms with Crippen molar-refractivity contribution < 1.29 is 4.74 Å². The van der Waals surface area contributed by atoms with Crippen LogP contribution in [-0.2, 0) is 5.41 Å². The Hall–Kier alpha value is -10.2. The van der Waals surface area contributed by atoms with Gasteiger partial charge in [0.2, 0.25) is 0 Å². The molecule has 404 valence electrons. The summed E-state index contributed by atoms with van der Waals surface area (Å²) in [6.45, 7) is 8.56. The van der Waals surface area contributed by atoms with Crippen molar-refractivity contribution in [3.63, 3.8) is 0 Å². The van der Waals surface area contributed by atoms with Crippen LogP contribution in [0.1, 0.15) is 59.9 Å². The van der Waals surface area contributed by atoms with E-state index in [1.807, 2.05) is 12.2 Å². The monoisotopic (exact) mass is 1080 g/mol. The minimum Gasteiger partial charge on any atom is -0.494 e. The molecule has 1 atom stereocenters. The molecule has 0 fully saturated rings. The number of fused-ring (bicyclic) bond motifs is 7. The second-order valence-corrected chi connectivity index (χ2v) is 22.3. The molecule has 1 aromatic heterocycles. The number of ether oxygens (including phenoxy) is 1. The maximum absolute atomic E-state index is 6.40. The van der Waals surface area contributed by atoms with Crippen LogP contribution in [0.2, 0.25) is 0 Å². The van der Waals surface area contributed by atoms with E-state index < -0.39 is 0 Å². The Bertz CT molecular complexity index is 4520. The summed E-state index contributed by atoms with van der Waals surface area (Å²) >= 11 is 0. The summed E-state index contributed by atoms with van der Waals surface area (Å²) in [6, 6.07) is 103. The van der Waals surface area contributed by atoms with E-state index in [1.54, 1.807) is 0 Å². The van der Waals surface area contributed by atoms with E-state index in [-0.39, 0.29) is 5.41 Å². The van der Waals surface area contributed by atoms with Crippen LogP contribution < -0.4 is 9.64 Å². The fourth-order valence-electron chi connectivity index (χ4n) is 13.2. The molecule has 0 radical (unpaired) electrons. The van der Waals surface area contributed by atoms with Gasteiger partial charge in [0.1, 0.15) is 5.75 Å². The lowest BCUT2D eigenvalue weighted by atomic mass is 9.69. The Morgan fingerprint density at radius 3 is 1.54 bits per heavy atom. The molecule has 0 spiro atoms. The molecule has 0 saturated heterocycles. The van der Waals surface area contributed by atoms with E-state index in [4.69, 9.17) is 4.74 Å². The lowest BCUT2D eigenvalue weighted by Crippen LogP contribution is -2.27. The highest BCUT2D eigenvalue weighted by Gasteiger charge is 2.44. The third-order valence-corrected chi connectivity index (χ3v) is 17.4. The van der Waals surface area contributed by atoms with Crippen LogP contribution in [0.3, 0.4) is 0 Å². The van der Waals surface area contributed by atoms with Crippen molar-refractivity contribution >= 4 is 61.8 Å². The predicted octanol–water partition coefficient (Wildman–Crippen LogP) is 22.0. The fourth-order valence-corrected chi connectivity index (χ4v) is 13.2. The number of nitrogens with zero attached hydrogens (tertiary/aromatic N) is 2. The number of hydrogen-bond donors (Lipinski definition) is 0. The summed E-state index contributed by atoms with van der Waals surface area (Å²) < 4.78 is 8.80. The molecular formula is C81H64N2O. The third kappa shape index (κ3) is 9.68. The molecular weight excluding hydrogens is 1020 g/mol. The van der Waals surface area contributed by atoms with Gasteiger partial charge in [0.15, 0.2) is 0 Å². The summed E-state index contributed by atoms with van der Waals surface area (Å²) in [5, 5.41) is 4.84. The van der Waals surface area contributed by atoms with Crippen molar-refractivity contribution in [3.05, 3.63) is 320 Å². The SMILES string of the molecule is C=Cc1ccc(-c2ccc3cc(OCCCCCCC4(c5ccccc5)c5ccccc5-c5ccc(N(c6ccccc6)c6ccc(-c7ccc8c(c7)c7cc(-c9ccc(C=C)cc9)ccc7n8-c7ccccc7)cc6)cc54)ccc3c2)cc1. The molecule has 1 unspecified atom stereocenters. The molecule has 0 bridgehead atoms. The smallest absolute Gasteiger partial charge is 0.119 e. The van der Waals surface area contributed by atoms with Crippen molar-refractivity contribution in [2.24, 2.45) is 0 Å². The summed E-state index contributed by atoms with van der Waals surface area (Å²) in [5.74, 6) is 0.923. The van der Waals surface area contributed by atoms with Gasteiger partial charge in [-0.2, -0.15) is 0 Å². The summed E-state index contributed by atoms with van der Waals surface area (Å²) in [5.41, 5.74) is 22.6. The Balaban J connectivity index is 0.744. The van der Waals surface area contributed by atoms with Crippen molar-refractivity contribution in [2.45, 2.75) is 37.5 Å². The first-order valence-electron chi connectivity index (χ1n) is 29.5. The Morgan fingerprint density at radius 1 is 0.381 bits per heavy atom. The van der Waals surface area contributed by atoms with Gasteiger partial charge in [-0.05, 0) is 187 Å². The second kappa shape index (κ2) is 22.6. The van der Waals surface area contributed by atoms with Gasteiger partial charge in [-0.15, -0.1) is 0 Å². The lowest BCUT2D eigenvalue weighted by Gasteiger charge is -2.34. The molecule has 1 aliphatic rings.